The van der Waals surface area contributed by atoms with Crippen LogP contribution in [0.5, 0.6) is 0 Å². The van der Waals surface area contributed by atoms with E-state index < -0.39 is 23.8 Å². The van der Waals surface area contributed by atoms with Crippen molar-refractivity contribution in [1.29, 1.82) is 0 Å². The lowest BCUT2D eigenvalue weighted by Crippen LogP contribution is -2.32. The fourth-order valence-corrected chi connectivity index (χ4v) is 0.932. The van der Waals surface area contributed by atoms with Crippen LogP contribution in [0.25, 0.3) is 0 Å². The highest BCUT2D eigenvalue weighted by Crippen LogP contribution is 2.26. The Morgan fingerprint density at radius 1 is 1.46 bits per heavy atom. The zero-order valence-corrected chi connectivity index (χ0v) is 6.35. The highest BCUT2D eigenvalue weighted by molar-refractivity contribution is 6.02. The van der Waals surface area contributed by atoms with Gasteiger partial charge in [0.15, 0.2) is 0 Å². The second kappa shape index (κ2) is 3.73. The van der Waals surface area contributed by atoms with E-state index in [0.717, 1.165) is 0 Å². The Labute approximate surface area is 71.0 Å². The third kappa shape index (κ3) is 2.41. The van der Waals surface area contributed by atoms with E-state index in [1.165, 1.54) is 0 Å². The second-order valence-electron chi connectivity index (χ2n) is 2.37. The first-order valence-corrected chi connectivity index (χ1v) is 3.20. The molecule has 0 aromatic carbocycles. The van der Waals surface area contributed by atoms with Gasteiger partial charge in [-0.1, -0.05) is 0 Å². The number of hydrogen-bond acceptors (Lipinski definition) is 3. The molecule has 1 saturated heterocycles. The first-order valence-electron chi connectivity index (χ1n) is 3.20. The molecule has 0 aromatic heterocycles. The number of ether oxygens (including phenoxy) is 1. The highest BCUT2D eigenvalue weighted by Gasteiger charge is 2.48. The number of cyclic esters (lactones) is 1. The molecule has 76 valence electrons. The number of ketones is 1. The van der Waals surface area contributed by atoms with Crippen LogP contribution in [0.15, 0.2) is 0 Å². The minimum Gasteiger partial charge on any atom is -0.465 e. The molecule has 7 heteroatoms. The van der Waals surface area contributed by atoms with Gasteiger partial charge in [0, 0.05) is 6.42 Å². The molecular weight excluding hydrogens is 193 g/mol. The lowest BCUT2D eigenvalue weighted by atomic mass is 10.0. The maximum Gasteiger partial charge on any atom is 0.450 e. The molecule has 1 heterocycles. The molecule has 0 bridgehead atoms. The zero-order chi connectivity index (χ0) is 9.35. The van der Waals surface area contributed by atoms with Gasteiger partial charge < -0.3 is 10.2 Å². The molecule has 0 amide bonds. The van der Waals surface area contributed by atoms with Crippen molar-refractivity contribution in [3.63, 3.8) is 0 Å². The summed E-state index contributed by atoms with van der Waals surface area (Å²) in [6.07, 6.45) is -5.11. The van der Waals surface area contributed by atoms with Crippen molar-refractivity contribution in [2.75, 3.05) is 6.61 Å². The zero-order valence-electron chi connectivity index (χ0n) is 6.35. The van der Waals surface area contributed by atoms with Gasteiger partial charge in [-0.15, -0.1) is 0 Å². The third-order valence-electron chi connectivity index (χ3n) is 1.53. The lowest BCUT2D eigenvalue weighted by Gasteiger charge is -2.06. The van der Waals surface area contributed by atoms with Gasteiger partial charge in [-0.2, -0.15) is 13.2 Å². The summed E-state index contributed by atoms with van der Waals surface area (Å²) < 4.78 is 39.4. The molecule has 13 heavy (non-hydrogen) atoms. The number of esters is 1. The van der Waals surface area contributed by atoms with E-state index in [9.17, 15) is 22.8 Å². The van der Waals surface area contributed by atoms with Gasteiger partial charge in [-0.3, -0.25) is 9.59 Å². The summed E-state index contributed by atoms with van der Waals surface area (Å²) in [5.41, 5.74) is 0. The molecule has 0 spiro atoms. The number of carbonyl (C=O) groups excluding carboxylic acids is 2. The smallest absolute Gasteiger partial charge is 0.450 e. The Balaban J connectivity index is 0.00000144. The van der Waals surface area contributed by atoms with E-state index in [1.807, 2.05) is 0 Å². The summed E-state index contributed by atoms with van der Waals surface area (Å²) >= 11 is 0. The molecule has 0 saturated carbocycles. The average Bonchev–Trinajstić information content (AvgIpc) is 2.31. The fourth-order valence-electron chi connectivity index (χ4n) is 0.932. The maximum atomic E-state index is 11.7. The molecule has 0 aliphatic carbocycles. The Morgan fingerprint density at radius 3 is 2.31 bits per heavy atom. The Hall–Kier alpha value is -1.11. The van der Waals surface area contributed by atoms with Gasteiger partial charge in [-0.05, 0) is 0 Å². The van der Waals surface area contributed by atoms with Crippen LogP contribution in [0.1, 0.15) is 6.42 Å². The van der Waals surface area contributed by atoms with E-state index in [1.54, 1.807) is 0 Å². The van der Waals surface area contributed by atoms with Crippen molar-refractivity contribution in [3.05, 3.63) is 0 Å². The SMILES string of the molecule is O.O=C1OCCC1C(=O)C(F)(F)F. The topological polar surface area (TPSA) is 74.9 Å². The summed E-state index contributed by atoms with van der Waals surface area (Å²) in [6.45, 7) is -0.106. The quantitative estimate of drug-likeness (QED) is 0.436. The lowest BCUT2D eigenvalue weighted by molar-refractivity contribution is -0.177. The normalized spacial score (nSPS) is 22.1. The molecule has 1 atom stereocenters. The molecule has 1 unspecified atom stereocenters. The van der Waals surface area contributed by atoms with E-state index >= 15 is 0 Å². The number of Topliss-reactive ketones (excluding diaryl/α,β-unsaturated/α-hetero) is 1. The van der Waals surface area contributed by atoms with Crippen LogP contribution in [0.4, 0.5) is 13.2 Å². The average molecular weight is 200 g/mol. The number of carbonyl (C=O) groups is 2. The number of hydrogen-bond donors (Lipinski definition) is 0. The maximum absolute atomic E-state index is 11.7. The Kier molecular flexibility index (Phi) is 3.42. The highest BCUT2D eigenvalue weighted by atomic mass is 19.4. The molecule has 0 aromatic rings. The van der Waals surface area contributed by atoms with Crippen LogP contribution in [0, 0.1) is 5.92 Å². The van der Waals surface area contributed by atoms with Crippen LogP contribution in [0.3, 0.4) is 0 Å². The first-order chi connectivity index (χ1) is 5.43. The molecule has 0 radical (unpaired) electrons. The number of halogens is 3. The van der Waals surface area contributed by atoms with E-state index in [4.69, 9.17) is 0 Å². The summed E-state index contributed by atoms with van der Waals surface area (Å²) in [7, 11) is 0. The summed E-state index contributed by atoms with van der Waals surface area (Å²) in [4.78, 5) is 21.0. The van der Waals surface area contributed by atoms with Gasteiger partial charge in [0.2, 0.25) is 0 Å². The molecule has 1 fully saturated rings. The van der Waals surface area contributed by atoms with Gasteiger partial charge >= 0.3 is 12.1 Å². The first kappa shape index (κ1) is 11.9. The van der Waals surface area contributed by atoms with Crippen molar-refractivity contribution in [1.82, 2.24) is 0 Å². The predicted molar refractivity (Wildman–Crippen MR) is 33.7 cm³/mol. The summed E-state index contributed by atoms with van der Waals surface area (Å²) in [5.74, 6) is -4.72. The minimum absolute atomic E-state index is 0. The van der Waals surface area contributed by atoms with E-state index in [2.05, 4.69) is 4.74 Å². The van der Waals surface area contributed by atoms with Crippen molar-refractivity contribution < 1.29 is 33.0 Å². The largest absolute Gasteiger partial charge is 0.465 e. The number of rotatable bonds is 1. The monoisotopic (exact) mass is 200 g/mol. The van der Waals surface area contributed by atoms with Crippen LogP contribution in [-0.2, 0) is 14.3 Å². The minimum atomic E-state index is -4.94. The van der Waals surface area contributed by atoms with Gasteiger partial charge in [-0.25, -0.2) is 0 Å². The van der Waals surface area contributed by atoms with E-state index in [-0.39, 0.29) is 18.5 Å². The fraction of sp³-hybridized carbons (Fsp3) is 0.667. The molecule has 1 rings (SSSR count). The van der Waals surface area contributed by atoms with E-state index in [0.29, 0.717) is 0 Å². The van der Waals surface area contributed by atoms with Gasteiger partial charge in [0.05, 0.1) is 6.61 Å². The summed E-state index contributed by atoms with van der Waals surface area (Å²) in [6, 6.07) is 0. The van der Waals surface area contributed by atoms with Crippen LogP contribution in [-0.4, -0.2) is 30.0 Å². The molecule has 1 aliphatic rings. The Bertz CT molecular complexity index is 222. The van der Waals surface area contributed by atoms with Crippen LogP contribution in [0.2, 0.25) is 0 Å². The van der Waals surface area contributed by atoms with Crippen molar-refractivity contribution in [2.45, 2.75) is 12.6 Å². The predicted octanol–water partition coefficient (Wildman–Crippen LogP) is -0.144. The standard InChI is InChI=1S/C6H5F3O3.H2O/c7-6(8,9)4(10)3-1-2-12-5(3)11;/h3H,1-2H2;1H2. The summed E-state index contributed by atoms with van der Waals surface area (Å²) in [5, 5.41) is 0. The van der Waals surface area contributed by atoms with Gasteiger partial charge in [0.1, 0.15) is 5.92 Å². The van der Waals surface area contributed by atoms with Gasteiger partial charge in [0.25, 0.3) is 5.78 Å². The van der Waals surface area contributed by atoms with Crippen molar-refractivity contribution in [3.8, 4) is 0 Å². The van der Waals surface area contributed by atoms with Crippen molar-refractivity contribution >= 4 is 11.8 Å². The third-order valence-corrected chi connectivity index (χ3v) is 1.53. The molecule has 2 N–H and O–H groups in total. The number of alkyl halides is 3. The van der Waals surface area contributed by atoms with Crippen LogP contribution < -0.4 is 0 Å². The second-order valence-corrected chi connectivity index (χ2v) is 2.37. The molecule has 4 nitrogen and oxygen atoms in total. The molecule has 1 aliphatic heterocycles. The van der Waals surface area contributed by atoms with Crippen molar-refractivity contribution in [2.24, 2.45) is 5.92 Å². The van der Waals surface area contributed by atoms with Crippen LogP contribution >= 0.6 is 0 Å². The molecular formula is C6H7F3O4. The Morgan fingerprint density at radius 2 is 2.00 bits per heavy atom.